The van der Waals surface area contributed by atoms with Crippen LogP contribution in [0.4, 0.5) is 11.5 Å². The third-order valence-corrected chi connectivity index (χ3v) is 5.53. The van der Waals surface area contributed by atoms with E-state index in [0.29, 0.717) is 23.5 Å². The molecule has 1 unspecified atom stereocenters. The molecule has 0 aliphatic carbocycles. The minimum Gasteiger partial charge on any atom is -0.365 e. The third kappa shape index (κ3) is 4.10. The van der Waals surface area contributed by atoms with Crippen LogP contribution in [0.3, 0.4) is 0 Å². The molecule has 128 valence electrons. The highest BCUT2D eigenvalue weighted by Gasteiger charge is 2.28. The molecule has 2 N–H and O–H groups in total. The number of sulfone groups is 1. The number of para-hydroxylation sites is 1. The Bertz CT molecular complexity index is 935. The van der Waals surface area contributed by atoms with E-state index in [-0.39, 0.29) is 23.2 Å². The van der Waals surface area contributed by atoms with Gasteiger partial charge in [0.05, 0.1) is 35.2 Å². The quantitative estimate of drug-likeness (QED) is 0.842. The molecule has 8 nitrogen and oxygen atoms in total. The Morgan fingerprint density at radius 3 is 2.68 bits per heavy atom. The van der Waals surface area contributed by atoms with Gasteiger partial charge in [0.15, 0.2) is 9.84 Å². The highest BCUT2D eigenvalue weighted by molar-refractivity contribution is 7.91. The summed E-state index contributed by atoms with van der Waals surface area (Å²) in [6.45, 7) is 0. The summed E-state index contributed by atoms with van der Waals surface area (Å²) in [4.78, 5) is 20.3. The first-order chi connectivity index (χ1) is 12.0. The summed E-state index contributed by atoms with van der Waals surface area (Å²) in [7, 11) is -2.98. The largest absolute Gasteiger partial charge is 0.365 e. The van der Waals surface area contributed by atoms with Gasteiger partial charge in [-0.15, -0.1) is 0 Å². The number of nitriles is 1. The van der Waals surface area contributed by atoms with Gasteiger partial charge >= 0.3 is 0 Å². The maximum absolute atomic E-state index is 12.2. The molecule has 3 rings (SSSR count). The summed E-state index contributed by atoms with van der Waals surface area (Å²) in [5, 5.41) is 14.7. The number of hydrogen-bond acceptors (Lipinski definition) is 7. The molecule has 0 bridgehead atoms. The SMILES string of the molecule is N#Cc1ccccc1NC(=O)c1cnc(NC2CCS(=O)(=O)C2)cn1. The van der Waals surface area contributed by atoms with Crippen LogP contribution in [0, 0.1) is 11.3 Å². The number of nitrogens with zero attached hydrogens (tertiary/aromatic N) is 3. The van der Waals surface area contributed by atoms with Crippen LogP contribution in [0.2, 0.25) is 0 Å². The van der Waals surface area contributed by atoms with E-state index in [2.05, 4.69) is 20.6 Å². The van der Waals surface area contributed by atoms with Crippen molar-refractivity contribution in [3.05, 3.63) is 47.9 Å². The Kier molecular flexibility index (Phi) is 4.63. The summed E-state index contributed by atoms with van der Waals surface area (Å²) in [5.41, 5.74) is 0.844. The first-order valence-electron chi connectivity index (χ1n) is 7.56. The Labute approximate surface area is 144 Å². The molecule has 1 amide bonds. The fraction of sp³-hybridized carbons (Fsp3) is 0.250. The molecule has 25 heavy (non-hydrogen) atoms. The topological polar surface area (TPSA) is 125 Å². The van der Waals surface area contributed by atoms with E-state index in [9.17, 15) is 13.2 Å². The van der Waals surface area contributed by atoms with Crippen LogP contribution >= 0.6 is 0 Å². The number of benzene rings is 1. The maximum Gasteiger partial charge on any atom is 0.275 e. The fourth-order valence-corrected chi connectivity index (χ4v) is 4.19. The van der Waals surface area contributed by atoms with Crippen molar-refractivity contribution in [1.29, 1.82) is 5.26 Å². The van der Waals surface area contributed by atoms with E-state index < -0.39 is 15.7 Å². The van der Waals surface area contributed by atoms with Crippen LogP contribution in [-0.2, 0) is 9.84 Å². The molecule has 1 saturated heterocycles. The molecular formula is C16H15N5O3S. The molecule has 2 aromatic rings. The number of aromatic nitrogens is 2. The zero-order valence-corrected chi connectivity index (χ0v) is 14.0. The molecule has 1 aromatic heterocycles. The van der Waals surface area contributed by atoms with Crippen molar-refractivity contribution in [2.75, 3.05) is 22.1 Å². The van der Waals surface area contributed by atoms with Crippen LogP contribution < -0.4 is 10.6 Å². The van der Waals surface area contributed by atoms with Gasteiger partial charge in [-0.05, 0) is 18.6 Å². The first kappa shape index (κ1) is 16.9. The number of carbonyl (C=O) groups excluding carboxylic acids is 1. The second-order valence-corrected chi connectivity index (χ2v) is 7.87. The predicted octanol–water partition coefficient (Wildman–Crippen LogP) is 1.20. The fourth-order valence-electron chi connectivity index (χ4n) is 2.51. The van der Waals surface area contributed by atoms with Gasteiger partial charge in [0, 0.05) is 6.04 Å². The molecular weight excluding hydrogens is 342 g/mol. The molecule has 1 aromatic carbocycles. The number of nitrogens with one attached hydrogen (secondary N) is 2. The lowest BCUT2D eigenvalue weighted by Gasteiger charge is -2.11. The van der Waals surface area contributed by atoms with Crippen LogP contribution in [0.25, 0.3) is 0 Å². The lowest BCUT2D eigenvalue weighted by Crippen LogP contribution is -2.22. The molecule has 9 heteroatoms. The van der Waals surface area contributed by atoms with Crippen molar-refractivity contribution in [2.45, 2.75) is 12.5 Å². The van der Waals surface area contributed by atoms with Gasteiger partial charge in [-0.1, -0.05) is 12.1 Å². The zero-order chi connectivity index (χ0) is 17.9. The number of rotatable bonds is 4. The second-order valence-electron chi connectivity index (χ2n) is 5.64. The Morgan fingerprint density at radius 1 is 1.24 bits per heavy atom. The second kappa shape index (κ2) is 6.86. The van der Waals surface area contributed by atoms with Crippen molar-refractivity contribution in [3.8, 4) is 6.07 Å². The molecule has 1 aliphatic heterocycles. The summed E-state index contributed by atoms with van der Waals surface area (Å²) in [5.74, 6) is 0.167. The lowest BCUT2D eigenvalue weighted by molar-refractivity contribution is 0.102. The minimum atomic E-state index is -2.98. The monoisotopic (exact) mass is 357 g/mol. The highest BCUT2D eigenvalue weighted by atomic mass is 32.2. The van der Waals surface area contributed by atoms with Gasteiger partial charge in [-0.25, -0.2) is 18.4 Å². The first-order valence-corrected chi connectivity index (χ1v) is 9.38. The number of amides is 1. The van der Waals surface area contributed by atoms with Crippen molar-refractivity contribution in [2.24, 2.45) is 0 Å². The number of hydrogen-bond donors (Lipinski definition) is 2. The average molecular weight is 357 g/mol. The maximum atomic E-state index is 12.2. The van der Waals surface area contributed by atoms with E-state index in [0.717, 1.165) is 0 Å². The van der Waals surface area contributed by atoms with E-state index in [1.165, 1.54) is 12.4 Å². The predicted molar refractivity (Wildman–Crippen MR) is 91.8 cm³/mol. The molecule has 1 atom stereocenters. The van der Waals surface area contributed by atoms with Crippen molar-refractivity contribution in [3.63, 3.8) is 0 Å². The normalized spacial score (nSPS) is 18.3. The molecule has 1 aliphatic rings. The number of carbonyl (C=O) groups is 1. The van der Waals surface area contributed by atoms with Crippen molar-refractivity contribution >= 4 is 27.2 Å². The zero-order valence-electron chi connectivity index (χ0n) is 13.1. The summed E-state index contributed by atoms with van der Waals surface area (Å²) >= 11 is 0. The summed E-state index contributed by atoms with van der Waals surface area (Å²) < 4.78 is 22.9. The van der Waals surface area contributed by atoms with Gasteiger partial charge in [-0.2, -0.15) is 5.26 Å². The van der Waals surface area contributed by atoms with Gasteiger partial charge in [-0.3, -0.25) is 4.79 Å². The highest BCUT2D eigenvalue weighted by Crippen LogP contribution is 2.17. The van der Waals surface area contributed by atoms with Crippen molar-refractivity contribution in [1.82, 2.24) is 9.97 Å². The van der Waals surface area contributed by atoms with Gasteiger partial charge < -0.3 is 10.6 Å². The summed E-state index contributed by atoms with van der Waals surface area (Å²) in [6, 6.07) is 8.45. The Balaban J connectivity index is 1.66. The van der Waals surface area contributed by atoms with Gasteiger partial charge in [0.2, 0.25) is 0 Å². The Morgan fingerprint density at radius 2 is 2.04 bits per heavy atom. The van der Waals surface area contributed by atoms with E-state index in [4.69, 9.17) is 5.26 Å². The van der Waals surface area contributed by atoms with Crippen molar-refractivity contribution < 1.29 is 13.2 Å². The smallest absolute Gasteiger partial charge is 0.275 e. The van der Waals surface area contributed by atoms with E-state index >= 15 is 0 Å². The van der Waals surface area contributed by atoms with Crippen LogP contribution in [-0.4, -0.2) is 41.8 Å². The van der Waals surface area contributed by atoms with Crippen LogP contribution in [0.1, 0.15) is 22.5 Å². The summed E-state index contributed by atoms with van der Waals surface area (Å²) in [6.07, 6.45) is 3.21. The molecule has 0 radical (unpaired) electrons. The molecule has 0 spiro atoms. The van der Waals surface area contributed by atoms with E-state index in [1.54, 1.807) is 24.3 Å². The molecule has 0 saturated carbocycles. The average Bonchev–Trinajstić information content (AvgIpc) is 2.94. The van der Waals surface area contributed by atoms with Crippen LogP contribution in [0.5, 0.6) is 0 Å². The van der Waals surface area contributed by atoms with Gasteiger partial charge in [0.25, 0.3) is 5.91 Å². The minimum absolute atomic E-state index is 0.0713. The van der Waals surface area contributed by atoms with Gasteiger partial charge in [0.1, 0.15) is 17.6 Å². The lowest BCUT2D eigenvalue weighted by atomic mass is 10.2. The molecule has 2 heterocycles. The standard InChI is InChI=1S/C16H15N5O3S/c17-7-11-3-1-2-4-13(11)21-16(22)14-8-19-15(9-18-14)20-12-5-6-25(23,24)10-12/h1-4,8-9,12H,5-6,10H2,(H,19,20)(H,21,22). The van der Waals surface area contributed by atoms with Crippen LogP contribution in [0.15, 0.2) is 36.7 Å². The van der Waals surface area contributed by atoms with E-state index in [1.807, 2.05) is 6.07 Å². The third-order valence-electron chi connectivity index (χ3n) is 3.76. The number of anilines is 2. The molecule has 1 fully saturated rings. The Hall–Kier alpha value is -2.99.